The topological polar surface area (TPSA) is 101 Å². The first-order valence-corrected chi connectivity index (χ1v) is 13.5. The van der Waals surface area contributed by atoms with E-state index >= 15 is 0 Å². The lowest BCUT2D eigenvalue weighted by Gasteiger charge is -2.19. The average molecular weight is 544 g/mol. The molecule has 4 aromatic rings. The van der Waals surface area contributed by atoms with E-state index in [4.69, 9.17) is 4.74 Å². The summed E-state index contributed by atoms with van der Waals surface area (Å²) in [6, 6.07) is 22.7. The first kappa shape index (κ1) is 27.8. The summed E-state index contributed by atoms with van der Waals surface area (Å²) < 4.78 is 7.28. The summed E-state index contributed by atoms with van der Waals surface area (Å²) in [6.07, 6.45) is 1.84. The lowest BCUT2D eigenvalue weighted by Crippen LogP contribution is -2.37. The zero-order chi connectivity index (χ0) is 28.0. The number of hydrogen-bond donors (Lipinski definition) is 3. The highest BCUT2D eigenvalue weighted by Crippen LogP contribution is 2.30. The Kier molecular flexibility index (Phi) is 8.61. The van der Waals surface area contributed by atoms with Crippen molar-refractivity contribution in [2.75, 3.05) is 12.9 Å². The van der Waals surface area contributed by atoms with Crippen molar-refractivity contribution >= 4 is 23.4 Å². The highest BCUT2D eigenvalue weighted by molar-refractivity contribution is 7.99. The van der Waals surface area contributed by atoms with Crippen molar-refractivity contribution in [1.82, 2.24) is 25.6 Å². The van der Waals surface area contributed by atoms with E-state index in [-0.39, 0.29) is 22.8 Å². The lowest BCUT2D eigenvalue weighted by atomic mass is 9.87. The van der Waals surface area contributed by atoms with E-state index in [9.17, 15) is 9.90 Å². The van der Waals surface area contributed by atoms with Crippen LogP contribution in [0.1, 0.15) is 38.8 Å². The second-order valence-corrected chi connectivity index (χ2v) is 10.8. The summed E-state index contributed by atoms with van der Waals surface area (Å²) in [5, 5.41) is 19.0. The molecule has 4 rings (SSSR count). The number of phenolic OH excluding ortho intramolecular Hbond substituents is 1. The number of aromatic nitrogens is 3. The van der Waals surface area contributed by atoms with Crippen molar-refractivity contribution in [3.63, 3.8) is 0 Å². The number of nitrogens with one attached hydrogen (secondary N) is 2. The Morgan fingerprint density at radius 1 is 0.974 bits per heavy atom. The monoisotopic (exact) mass is 543 g/mol. The molecular weight excluding hydrogens is 510 g/mol. The fourth-order valence-electron chi connectivity index (χ4n) is 3.89. The molecule has 0 saturated heterocycles. The largest absolute Gasteiger partial charge is 0.508 e. The van der Waals surface area contributed by atoms with Crippen LogP contribution in [0.2, 0.25) is 0 Å². The maximum absolute atomic E-state index is 12.7. The highest BCUT2D eigenvalue weighted by atomic mass is 32.2. The molecule has 9 heteroatoms. The predicted octanol–water partition coefficient (Wildman–Crippen LogP) is 5.72. The number of hydrazine groups is 1. The third-order valence-electron chi connectivity index (χ3n) is 6.11. The number of phenols is 1. The van der Waals surface area contributed by atoms with Gasteiger partial charge in [0.05, 0.1) is 18.6 Å². The van der Waals surface area contributed by atoms with Crippen molar-refractivity contribution in [2.45, 2.75) is 38.3 Å². The number of rotatable bonds is 9. The van der Waals surface area contributed by atoms with Crippen molar-refractivity contribution in [3.05, 3.63) is 90.0 Å². The molecule has 0 radical (unpaired) electrons. The first-order valence-electron chi connectivity index (χ1n) is 12.5. The minimum absolute atomic E-state index is 0.0414. The minimum Gasteiger partial charge on any atom is -0.508 e. The van der Waals surface area contributed by atoms with E-state index in [1.165, 1.54) is 17.3 Å². The molecule has 0 aliphatic rings. The highest BCUT2D eigenvalue weighted by Gasteiger charge is 2.19. The van der Waals surface area contributed by atoms with Crippen molar-refractivity contribution in [1.29, 1.82) is 0 Å². The van der Waals surface area contributed by atoms with Crippen molar-refractivity contribution in [2.24, 2.45) is 0 Å². The van der Waals surface area contributed by atoms with E-state index in [0.29, 0.717) is 11.0 Å². The van der Waals surface area contributed by atoms with Crippen LogP contribution in [0.4, 0.5) is 0 Å². The van der Waals surface area contributed by atoms with Crippen LogP contribution < -0.4 is 15.6 Å². The molecule has 202 valence electrons. The summed E-state index contributed by atoms with van der Waals surface area (Å²) in [5.74, 6) is 1.51. The summed E-state index contributed by atoms with van der Waals surface area (Å²) in [7, 11) is 1.63. The maximum Gasteiger partial charge on any atom is 0.248 e. The quantitative estimate of drug-likeness (QED) is 0.183. The van der Waals surface area contributed by atoms with Gasteiger partial charge in [0.1, 0.15) is 11.5 Å². The Hall–Kier alpha value is -4.24. The third kappa shape index (κ3) is 6.80. The molecule has 0 aliphatic carbocycles. The standard InChI is InChI=1S/C30H33N5O3S/c1-6-26(20-9-15-24(36)16-10-20)31-32-27(37)19-39-29-34-33-28(21-7-11-22(12-8-21)30(2,3)4)35(29)23-13-17-25(38-5)18-14-23/h6-18,31,36H,19H2,1-5H3,(H,32,37)/b26-6-. The normalized spacial score (nSPS) is 11.8. The number of hydrogen-bond acceptors (Lipinski definition) is 7. The number of aromatic hydroxyl groups is 1. The van der Waals surface area contributed by atoms with Gasteiger partial charge >= 0.3 is 0 Å². The number of amides is 1. The second kappa shape index (κ2) is 12.1. The van der Waals surface area contributed by atoms with Crippen molar-refractivity contribution < 1.29 is 14.6 Å². The minimum atomic E-state index is -0.224. The smallest absolute Gasteiger partial charge is 0.248 e. The number of allylic oxidation sites excluding steroid dienone is 1. The molecule has 1 amide bonds. The molecule has 0 aliphatic heterocycles. The van der Waals surface area contributed by atoms with Crippen LogP contribution >= 0.6 is 11.8 Å². The fraction of sp³-hybridized carbons (Fsp3) is 0.233. The molecule has 0 atom stereocenters. The molecule has 3 aromatic carbocycles. The molecule has 0 fully saturated rings. The third-order valence-corrected chi connectivity index (χ3v) is 7.04. The number of benzene rings is 3. The number of thioether (sulfide) groups is 1. The molecule has 1 heterocycles. The van der Waals surface area contributed by atoms with E-state index in [0.717, 1.165) is 28.3 Å². The summed E-state index contributed by atoms with van der Waals surface area (Å²) >= 11 is 1.29. The number of carbonyl (C=O) groups excluding carboxylic acids is 1. The molecule has 8 nitrogen and oxygen atoms in total. The molecular formula is C30H33N5O3S. The van der Waals surface area contributed by atoms with Gasteiger partial charge in [0.25, 0.3) is 0 Å². The van der Waals surface area contributed by atoms with Gasteiger partial charge in [-0.25, -0.2) is 0 Å². The van der Waals surface area contributed by atoms with Gasteiger partial charge in [0.2, 0.25) is 5.91 Å². The second-order valence-electron chi connectivity index (χ2n) is 9.88. The molecule has 1 aromatic heterocycles. The molecule has 0 saturated carbocycles. The van der Waals surface area contributed by atoms with Gasteiger partial charge in [-0.05, 0) is 72.0 Å². The fourth-order valence-corrected chi connectivity index (χ4v) is 4.64. The van der Waals surface area contributed by atoms with Crippen LogP contribution in [0, 0.1) is 0 Å². The van der Waals surface area contributed by atoms with E-state index in [1.54, 1.807) is 31.4 Å². The summed E-state index contributed by atoms with van der Waals surface area (Å²) in [5.41, 5.74) is 10.3. The van der Waals surface area contributed by atoms with Crippen LogP contribution in [0.3, 0.4) is 0 Å². The van der Waals surface area contributed by atoms with Crippen LogP contribution in [-0.4, -0.2) is 38.6 Å². The van der Waals surface area contributed by atoms with Gasteiger partial charge in [0, 0.05) is 11.3 Å². The van der Waals surface area contributed by atoms with Gasteiger partial charge in [-0.1, -0.05) is 62.9 Å². The average Bonchev–Trinajstić information content (AvgIpc) is 3.36. The molecule has 0 bridgehead atoms. The van der Waals surface area contributed by atoms with Crippen LogP contribution in [0.5, 0.6) is 11.5 Å². The maximum atomic E-state index is 12.7. The Morgan fingerprint density at radius 2 is 1.64 bits per heavy atom. The summed E-state index contributed by atoms with van der Waals surface area (Å²) in [6.45, 7) is 8.41. The van der Waals surface area contributed by atoms with Gasteiger partial charge in [-0.3, -0.25) is 20.2 Å². The Balaban J connectivity index is 1.53. The van der Waals surface area contributed by atoms with E-state index in [1.807, 2.05) is 41.8 Å². The van der Waals surface area contributed by atoms with Gasteiger partial charge < -0.3 is 9.84 Å². The van der Waals surface area contributed by atoms with Crippen LogP contribution in [-0.2, 0) is 10.2 Å². The lowest BCUT2D eigenvalue weighted by molar-refractivity contribution is -0.119. The van der Waals surface area contributed by atoms with E-state index in [2.05, 4.69) is 66.1 Å². The molecule has 39 heavy (non-hydrogen) atoms. The number of methoxy groups -OCH3 is 1. The molecule has 0 unspecified atom stereocenters. The number of carbonyl (C=O) groups is 1. The van der Waals surface area contributed by atoms with Crippen LogP contribution in [0.25, 0.3) is 22.8 Å². The van der Waals surface area contributed by atoms with Gasteiger partial charge in [-0.2, -0.15) is 0 Å². The zero-order valence-corrected chi connectivity index (χ0v) is 23.5. The number of ether oxygens (including phenoxy) is 1. The Labute approximate surface area is 233 Å². The van der Waals surface area contributed by atoms with Gasteiger partial charge in [-0.15, -0.1) is 10.2 Å². The SMILES string of the molecule is C/C=C(\NNC(=O)CSc1nnc(-c2ccc(C(C)(C)C)cc2)n1-c1ccc(OC)cc1)c1ccc(O)cc1. The van der Waals surface area contributed by atoms with Gasteiger partial charge in [0.15, 0.2) is 11.0 Å². The first-order chi connectivity index (χ1) is 18.7. The van der Waals surface area contributed by atoms with E-state index < -0.39 is 0 Å². The van der Waals surface area contributed by atoms with Crippen LogP contribution in [0.15, 0.2) is 84.0 Å². The predicted molar refractivity (Wildman–Crippen MR) is 156 cm³/mol. The van der Waals surface area contributed by atoms with Crippen molar-refractivity contribution in [3.8, 4) is 28.6 Å². The molecule has 0 spiro atoms. The summed E-state index contributed by atoms with van der Waals surface area (Å²) in [4.78, 5) is 12.7. The molecule has 3 N–H and O–H groups in total. The number of nitrogens with zero attached hydrogens (tertiary/aromatic N) is 3. The Morgan fingerprint density at radius 3 is 2.23 bits per heavy atom. The Bertz CT molecular complexity index is 1440. The zero-order valence-electron chi connectivity index (χ0n) is 22.7.